The predicted octanol–water partition coefficient (Wildman–Crippen LogP) is 5.61. The third-order valence-corrected chi connectivity index (χ3v) is 9.68. The molecule has 2 bridgehead atoms. The first-order chi connectivity index (χ1) is 20.4. The van der Waals surface area contributed by atoms with Crippen molar-refractivity contribution >= 4 is 11.0 Å². The zero-order valence-electron chi connectivity index (χ0n) is 23.4. The van der Waals surface area contributed by atoms with Gasteiger partial charge in [0.05, 0.1) is 28.3 Å². The fraction of sp³-hybridized carbons (Fsp3) is 0.469. The third-order valence-electron chi connectivity index (χ3n) is 9.68. The molecule has 0 spiro atoms. The van der Waals surface area contributed by atoms with Gasteiger partial charge < -0.3 is 10.4 Å². The molecule has 216 valence electrons. The first kappa shape index (κ1) is 25.9. The fourth-order valence-electron chi connectivity index (χ4n) is 7.30. The van der Waals surface area contributed by atoms with E-state index in [-0.39, 0.29) is 40.6 Å². The summed E-state index contributed by atoms with van der Waals surface area (Å²) in [5, 5.41) is 14.7. The summed E-state index contributed by atoms with van der Waals surface area (Å²) < 4.78 is 32.5. The van der Waals surface area contributed by atoms with Crippen LogP contribution in [0, 0.1) is 17.6 Å². The van der Waals surface area contributed by atoms with E-state index in [0.717, 1.165) is 68.8 Å². The molecule has 0 radical (unpaired) electrons. The van der Waals surface area contributed by atoms with Crippen LogP contribution in [0.5, 0.6) is 5.75 Å². The molecule has 4 aromatic rings. The Hall–Kier alpha value is -3.79. The summed E-state index contributed by atoms with van der Waals surface area (Å²) in [6.45, 7) is 2.17. The highest BCUT2D eigenvalue weighted by molar-refractivity contribution is 5.84. The predicted molar refractivity (Wildman–Crippen MR) is 153 cm³/mol. The molecular weight excluding hydrogens is 538 g/mol. The second-order valence-corrected chi connectivity index (χ2v) is 12.7. The van der Waals surface area contributed by atoms with Gasteiger partial charge in [-0.2, -0.15) is 4.98 Å². The standard InChI is InChI=1S/C32H32F2N6O2/c1-15-11-18-9-10-19(37-18)12-20(15)28-21-13-23(34)29(25-22(33)3-2-4-24(25)41)38-31(21)40(32(42)39-28)30-26(16-5-6-16)35-14-36-27(30)17-7-8-17/h2-4,13-20,37,41H,5-12H2,1H3/t15-,18?,19?,20?/m1/s1. The van der Waals surface area contributed by atoms with Gasteiger partial charge in [-0.05, 0) is 75.5 Å². The van der Waals surface area contributed by atoms with Crippen LogP contribution in [0.4, 0.5) is 8.78 Å². The van der Waals surface area contributed by atoms with Crippen molar-refractivity contribution in [2.75, 3.05) is 0 Å². The van der Waals surface area contributed by atoms with Gasteiger partial charge in [0.25, 0.3) is 0 Å². The molecular formula is C32H32F2N6O2. The van der Waals surface area contributed by atoms with Gasteiger partial charge >= 0.3 is 5.69 Å². The minimum atomic E-state index is -0.802. The number of nitrogens with zero attached hydrogens (tertiary/aromatic N) is 5. The van der Waals surface area contributed by atoms with E-state index in [9.17, 15) is 9.90 Å². The summed E-state index contributed by atoms with van der Waals surface area (Å²) in [5.74, 6) is -1.49. The molecule has 10 heteroatoms. The van der Waals surface area contributed by atoms with Crippen molar-refractivity contribution in [3.63, 3.8) is 0 Å². The highest BCUT2D eigenvalue weighted by Crippen LogP contribution is 2.48. The lowest BCUT2D eigenvalue weighted by atomic mass is 9.80. The molecule has 4 aliphatic rings. The Bertz CT molecular complexity index is 1750. The Morgan fingerprint density at radius 1 is 0.905 bits per heavy atom. The Morgan fingerprint density at radius 2 is 1.60 bits per heavy atom. The summed E-state index contributed by atoms with van der Waals surface area (Å²) in [4.78, 5) is 32.8. The van der Waals surface area contributed by atoms with Crippen molar-refractivity contribution in [3.8, 4) is 22.7 Å². The summed E-state index contributed by atoms with van der Waals surface area (Å²) in [6, 6.07) is 5.86. The van der Waals surface area contributed by atoms with Gasteiger partial charge in [-0.15, -0.1) is 0 Å². The molecule has 8 nitrogen and oxygen atoms in total. The van der Waals surface area contributed by atoms with Gasteiger partial charge in [-0.1, -0.05) is 13.0 Å². The van der Waals surface area contributed by atoms with E-state index in [0.29, 0.717) is 28.9 Å². The maximum Gasteiger partial charge on any atom is 0.354 e. The number of aromatic nitrogens is 5. The monoisotopic (exact) mass is 570 g/mol. The van der Waals surface area contributed by atoms with E-state index in [1.54, 1.807) is 6.33 Å². The second kappa shape index (κ2) is 9.62. The number of benzene rings is 1. The van der Waals surface area contributed by atoms with Gasteiger partial charge in [-0.3, -0.25) is 0 Å². The molecule has 2 aliphatic heterocycles. The van der Waals surface area contributed by atoms with E-state index in [2.05, 4.69) is 27.2 Å². The fourth-order valence-corrected chi connectivity index (χ4v) is 7.30. The van der Waals surface area contributed by atoms with Gasteiger partial charge in [0.15, 0.2) is 11.5 Å². The lowest BCUT2D eigenvalue weighted by Crippen LogP contribution is -2.30. The van der Waals surface area contributed by atoms with E-state index in [4.69, 9.17) is 4.98 Å². The van der Waals surface area contributed by atoms with E-state index in [1.165, 1.54) is 22.8 Å². The van der Waals surface area contributed by atoms with Crippen molar-refractivity contribution in [1.29, 1.82) is 0 Å². The Balaban J connectivity index is 1.44. The molecule has 42 heavy (non-hydrogen) atoms. The number of pyridine rings is 1. The number of fused-ring (bicyclic) bond motifs is 3. The largest absolute Gasteiger partial charge is 0.507 e. The maximum absolute atomic E-state index is 16.0. The van der Waals surface area contributed by atoms with Crippen LogP contribution in [0.25, 0.3) is 28.0 Å². The number of aromatic hydroxyl groups is 1. The number of rotatable bonds is 5. The first-order valence-corrected chi connectivity index (χ1v) is 15.1. The molecule has 2 saturated carbocycles. The lowest BCUT2D eigenvalue weighted by molar-refractivity contribution is 0.376. The van der Waals surface area contributed by atoms with Crippen LogP contribution in [0.1, 0.15) is 93.1 Å². The van der Waals surface area contributed by atoms with E-state index >= 15 is 8.78 Å². The minimum Gasteiger partial charge on any atom is -0.507 e. The van der Waals surface area contributed by atoms with Crippen molar-refractivity contribution in [2.24, 2.45) is 5.92 Å². The number of phenols is 1. The molecule has 3 unspecified atom stereocenters. The summed E-state index contributed by atoms with van der Waals surface area (Å²) in [6.07, 6.45) is 9.30. The Labute approximate surface area is 241 Å². The second-order valence-electron chi connectivity index (χ2n) is 12.7. The summed E-state index contributed by atoms with van der Waals surface area (Å²) in [7, 11) is 0. The maximum atomic E-state index is 16.0. The molecule has 2 N–H and O–H groups in total. The van der Waals surface area contributed by atoms with Crippen molar-refractivity contribution in [3.05, 3.63) is 69.8 Å². The topological polar surface area (TPSA) is 106 Å². The average molecular weight is 571 g/mol. The van der Waals surface area contributed by atoms with Crippen LogP contribution in [0.15, 0.2) is 35.4 Å². The molecule has 4 fully saturated rings. The quantitative estimate of drug-likeness (QED) is 0.321. The van der Waals surface area contributed by atoms with Crippen molar-refractivity contribution in [1.82, 2.24) is 29.8 Å². The minimum absolute atomic E-state index is 0.0793. The molecule has 3 aromatic heterocycles. The first-order valence-electron chi connectivity index (χ1n) is 15.1. The Kier molecular flexibility index (Phi) is 5.93. The number of halogens is 2. The smallest absolute Gasteiger partial charge is 0.354 e. The normalized spacial score (nSPS) is 25.6. The van der Waals surface area contributed by atoms with Crippen LogP contribution in [-0.4, -0.2) is 41.7 Å². The van der Waals surface area contributed by atoms with Crippen molar-refractivity contribution in [2.45, 2.75) is 88.1 Å². The highest BCUT2D eigenvalue weighted by Gasteiger charge is 2.39. The molecule has 2 saturated heterocycles. The molecule has 4 atom stereocenters. The number of hydrogen-bond donors (Lipinski definition) is 2. The zero-order chi connectivity index (χ0) is 28.7. The third kappa shape index (κ3) is 4.21. The Morgan fingerprint density at radius 3 is 2.26 bits per heavy atom. The molecule has 1 aromatic carbocycles. The van der Waals surface area contributed by atoms with Crippen molar-refractivity contribution < 1.29 is 13.9 Å². The molecule has 8 rings (SSSR count). The molecule has 2 aliphatic carbocycles. The summed E-state index contributed by atoms with van der Waals surface area (Å²) >= 11 is 0. The molecule has 5 heterocycles. The number of phenolic OH excluding ortho intramolecular Hbond substituents is 1. The van der Waals surface area contributed by atoms with Crippen LogP contribution in [-0.2, 0) is 0 Å². The van der Waals surface area contributed by atoms with Crippen LogP contribution in [0.3, 0.4) is 0 Å². The number of hydrogen-bond acceptors (Lipinski definition) is 7. The van der Waals surface area contributed by atoms with Gasteiger partial charge in [0.2, 0.25) is 0 Å². The van der Waals surface area contributed by atoms with Crippen LogP contribution < -0.4 is 11.0 Å². The van der Waals surface area contributed by atoms with Gasteiger partial charge in [-0.25, -0.2) is 33.1 Å². The van der Waals surface area contributed by atoms with Gasteiger partial charge in [0, 0.05) is 35.2 Å². The van der Waals surface area contributed by atoms with Gasteiger partial charge in [0.1, 0.15) is 23.6 Å². The number of nitrogens with one attached hydrogen (secondary N) is 1. The van der Waals surface area contributed by atoms with E-state index in [1.807, 2.05) is 0 Å². The average Bonchev–Trinajstić information content (AvgIpc) is 3.88. The molecule has 0 amide bonds. The van der Waals surface area contributed by atoms with Crippen LogP contribution in [0.2, 0.25) is 0 Å². The lowest BCUT2D eigenvalue weighted by Gasteiger charge is -2.27. The van der Waals surface area contributed by atoms with E-state index < -0.39 is 23.1 Å². The van der Waals surface area contributed by atoms with Crippen LogP contribution >= 0.6 is 0 Å². The summed E-state index contributed by atoms with van der Waals surface area (Å²) in [5.41, 5.74) is 1.64. The SMILES string of the molecule is C[C@@H]1CC2CCC(CC1c1nc(=O)n(-c3c(C4CC4)ncnc3C3CC3)c3nc(-c4c(O)cccc4F)c(F)cc13)N2. The highest BCUT2D eigenvalue weighted by atomic mass is 19.1. The zero-order valence-corrected chi connectivity index (χ0v) is 23.4.